The second-order valence-electron chi connectivity index (χ2n) is 7.43. The van der Waals surface area contributed by atoms with Crippen molar-refractivity contribution < 1.29 is 18.7 Å². The first kappa shape index (κ1) is 20.1. The molecule has 0 spiro atoms. The van der Waals surface area contributed by atoms with E-state index in [9.17, 15) is 14.0 Å². The van der Waals surface area contributed by atoms with Crippen molar-refractivity contribution in [2.75, 3.05) is 42.5 Å². The maximum Gasteiger partial charge on any atom is 0.414 e. The molecule has 0 radical (unpaired) electrons. The molecule has 8 nitrogen and oxygen atoms in total. The van der Waals surface area contributed by atoms with Gasteiger partial charge in [-0.15, -0.1) is 0 Å². The number of carbonyl (C=O) groups is 2. The largest absolute Gasteiger partial charge is 0.444 e. The number of carbonyl (C=O) groups excluding carboxylic acids is 2. The Morgan fingerprint density at radius 3 is 2.73 bits per heavy atom. The lowest BCUT2D eigenvalue weighted by Gasteiger charge is -2.28. The monoisotopic (exact) mass is 413 g/mol. The molecule has 1 unspecified atom stereocenters. The molecule has 4 rings (SSSR count). The highest BCUT2D eigenvalue weighted by molar-refractivity contribution is 5.90. The molecule has 0 bridgehead atoms. The number of nitrogens with zero attached hydrogens (tertiary/aromatic N) is 3. The van der Waals surface area contributed by atoms with Crippen LogP contribution < -0.4 is 20.9 Å². The van der Waals surface area contributed by atoms with Crippen LogP contribution >= 0.6 is 0 Å². The second kappa shape index (κ2) is 8.66. The molecule has 3 N–H and O–H groups in total. The third-order valence-corrected chi connectivity index (χ3v) is 5.35. The van der Waals surface area contributed by atoms with Gasteiger partial charge < -0.3 is 20.7 Å². The first-order valence-corrected chi connectivity index (χ1v) is 9.99. The Labute approximate surface area is 173 Å². The van der Waals surface area contributed by atoms with Crippen molar-refractivity contribution in [3.63, 3.8) is 0 Å². The lowest BCUT2D eigenvalue weighted by molar-refractivity contribution is -0.118. The summed E-state index contributed by atoms with van der Waals surface area (Å²) < 4.78 is 20.1. The van der Waals surface area contributed by atoms with Crippen molar-refractivity contribution >= 4 is 23.5 Å². The molecule has 1 atom stereocenters. The third-order valence-electron chi connectivity index (χ3n) is 5.35. The number of hydrogen-bond donors (Lipinski definition) is 2. The Morgan fingerprint density at radius 1 is 1.27 bits per heavy atom. The van der Waals surface area contributed by atoms with Crippen LogP contribution in [0.4, 0.5) is 20.7 Å². The molecule has 158 valence electrons. The summed E-state index contributed by atoms with van der Waals surface area (Å²) in [5.41, 5.74) is 6.63. The van der Waals surface area contributed by atoms with Crippen LogP contribution in [0.1, 0.15) is 12.8 Å². The van der Waals surface area contributed by atoms with Crippen molar-refractivity contribution in [2.45, 2.75) is 18.9 Å². The van der Waals surface area contributed by atoms with Crippen LogP contribution in [0, 0.1) is 5.82 Å². The summed E-state index contributed by atoms with van der Waals surface area (Å²) in [4.78, 5) is 31.1. The van der Waals surface area contributed by atoms with Crippen LogP contribution in [0.15, 0.2) is 36.5 Å². The van der Waals surface area contributed by atoms with E-state index in [1.807, 2.05) is 12.1 Å². The summed E-state index contributed by atoms with van der Waals surface area (Å²) in [5, 5.41) is 3.30. The number of cyclic esters (lactones) is 1. The Balaban J connectivity index is 1.47. The number of pyridine rings is 1. The van der Waals surface area contributed by atoms with Gasteiger partial charge in [0.2, 0.25) is 5.91 Å². The molecule has 9 heteroatoms. The van der Waals surface area contributed by atoms with E-state index in [1.165, 1.54) is 11.0 Å². The maximum absolute atomic E-state index is 14.8. The third kappa shape index (κ3) is 4.35. The zero-order valence-corrected chi connectivity index (χ0v) is 16.5. The van der Waals surface area contributed by atoms with Gasteiger partial charge in [0.05, 0.1) is 12.2 Å². The SMILES string of the molecule is NC(=O)CCC1CN(c2ccc(-c3ccc(N4CCNCC4)nc3)c(F)c2)C(=O)O1. The molecule has 2 saturated heterocycles. The van der Waals surface area contributed by atoms with Gasteiger partial charge in [-0.2, -0.15) is 0 Å². The van der Waals surface area contributed by atoms with Gasteiger partial charge in [-0.25, -0.2) is 14.2 Å². The van der Waals surface area contributed by atoms with E-state index in [2.05, 4.69) is 15.2 Å². The molecule has 0 saturated carbocycles. The van der Waals surface area contributed by atoms with E-state index in [4.69, 9.17) is 10.5 Å². The van der Waals surface area contributed by atoms with Crippen molar-refractivity contribution in [1.82, 2.24) is 10.3 Å². The number of hydrogen-bond acceptors (Lipinski definition) is 6. The van der Waals surface area contributed by atoms with E-state index in [0.717, 1.165) is 32.0 Å². The smallest absolute Gasteiger partial charge is 0.414 e. The van der Waals surface area contributed by atoms with Crippen LogP contribution in [-0.4, -0.2) is 55.8 Å². The molecule has 30 heavy (non-hydrogen) atoms. The number of ether oxygens (including phenoxy) is 1. The maximum atomic E-state index is 14.8. The minimum atomic E-state index is -0.557. The molecule has 2 amide bonds. The van der Waals surface area contributed by atoms with Crippen molar-refractivity contribution in [3.05, 3.63) is 42.3 Å². The predicted molar refractivity (Wildman–Crippen MR) is 111 cm³/mol. The van der Waals surface area contributed by atoms with Gasteiger partial charge in [-0.1, -0.05) is 0 Å². The minimum absolute atomic E-state index is 0.135. The van der Waals surface area contributed by atoms with Gasteiger partial charge in [-0.05, 0) is 36.8 Å². The normalized spacial score (nSPS) is 19.1. The van der Waals surface area contributed by atoms with Crippen molar-refractivity contribution in [1.29, 1.82) is 0 Å². The van der Waals surface area contributed by atoms with Crippen LogP contribution in [-0.2, 0) is 9.53 Å². The summed E-state index contributed by atoms with van der Waals surface area (Å²) in [6, 6.07) is 8.38. The van der Waals surface area contributed by atoms with Crippen LogP contribution in [0.25, 0.3) is 11.1 Å². The number of piperazine rings is 1. The topological polar surface area (TPSA) is 101 Å². The zero-order valence-electron chi connectivity index (χ0n) is 16.5. The fourth-order valence-corrected chi connectivity index (χ4v) is 3.72. The number of anilines is 2. The number of rotatable bonds is 6. The van der Waals surface area contributed by atoms with Gasteiger partial charge in [0.25, 0.3) is 0 Å². The molecule has 2 aliphatic rings. The summed E-state index contributed by atoms with van der Waals surface area (Å²) in [6.45, 7) is 3.87. The molecule has 0 aliphatic carbocycles. The van der Waals surface area contributed by atoms with Crippen LogP contribution in [0.2, 0.25) is 0 Å². The molecule has 3 heterocycles. The van der Waals surface area contributed by atoms with Gasteiger partial charge in [0.15, 0.2) is 0 Å². The zero-order chi connectivity index (χ0) is 21.1. The summed E-state index contributed by atoms with van der Waals surface area (Å²) in [5.74, 6) is -0.0202. The number of primary amides is 1. The highest BCUT2D eigenvalue weighted by Gasteiger charge is 2.32. The number of nitrogens with two attached hydrogens (primary N) is 1. The lowest BCUT2D eigenvalue weighted by Crippen LogP contribution is -2.43. The molecular weight excluding hydrogens is 389 g/mol. The van der Waals surface area contributed by atoms with Crippen molar-refractivity contribution in [3.8, 4) is 11.1 Å². The summed E-state index contributed by atoms with van der Waals surface area (Å²) in [7, 11) is 0. The number of nitrogens with one attached hydrogen (secondary N) is 1. The van der Waals surface area contributed by atoms with Crippen LogP contribution in [0.3, 0.4) is 0 Å². The number of halogens is 1. The molecule has 2 fully saturated rings. The van der Waals surface area contributed by atoms with Gasteiger partial charge >= 0.3 is 6.09 Å². The van der Waals surface area contributed by atoms with Crippen molar-refractivity contribution in [2.24, 2.45) is 5.73 Å². The minimum Gasteiger partial charge on any atom is -0.444 e. The predicted octanol–water partition coefficient (Wildman–Crippen LogP) is 1.89. The summed E-state index contributed by atoms with van der Waals surface area (Å²) >= 11 is 0. The van der Waals surface area contributed by atoms with Crippen LogP contribution in [0.5, 0.6) is 0 Å². The van der Waals surface area contributed by atoms with Gasteiger partial charge in [-0.3, -0.25) is 9.69 Å². The Hall–Kier alpha value is -3.20. The molecular formula is C21H24FN5O3. The first-order chi connectivity index (χ1) is 14.5. The highest BCUT2D eigenvalue weighted by Crippen LogP contribution is 2.30. The van der Waals surface area contributed by atoms with E-state index in [-0.39, 0.29) is 13.0 Å². The standard InChI is InChI=1S/C21H24FN5O3/c22-18-11-15(27-13-16(30-21(27)29)3-5-19(23)28)2-4-17(18)14-1-6-20(25-12-14)26-9-7-24-8-10-26/h1-2,4,6,11-12,16,24H,3,5,7-10,13H2,(H2,23,28). The quantitative estimate of drug-likeness (QED) is 0.750. The highest BCUT2D eigenvalue weighted by atomic mass is 19.1. The van der Waals surface area contributed by atoms with Gasteiger partial charge in [0, 0.05) is 49.9 Å². The first-order valence-electron chi connectivity index (χ1n) is 9.99. The fraction of sp³-hybridized carbons (Fsp3) is 0.381. The average Bonchev–Trinajstić information content (AvgIpc) is 3.13. The van der Waals surface area contributed by atoms with Gasteiger partial charge in [0.1, 0.15) is 17.7 Å². The Morgan fingerprint density at radius 2 is 2.07 bits per heavy atom. The van der Waals surface area contributed by atoms with E-state index in [0.29, 0.717) is 23.2 Å². The Kier molecular flexibility index (Phi) is 5.80. The molecule has 1 aromatic carbocycles. The fourth-order valence-electron chi connectivity index (χ4n) is 3.72. The number of aromatic nitrogens is 1. The lowest BCUT2D eigenvalue weighted by atomic mass is 10.1. The summed E-state index contributed by atoms with van der Waals surface area (Å²) in [6.07, 6.45) is 1.16. The Bertz CT molecular complexity index is 931. The van der Waals surface area contributed by atoms with E-state index < -0.39 is 23.9 Å². The number of benzene rings is 1. The van der Waals surface area contributed by atoms with E-state index in [1.54, 1.807) is 18.3 Å². The molecule has 2 aromatic rings. The molecule has 1 aromatic heterocycles. The average molecular weight is 413 g/mol. The number of amides is 2. The van der Waals surface area contributed by atoms with E-state index >= 15 is 0 Å². The molecule has 2 aliphatic heterocycles. The second-order valence-corrected chi connectivity index (χ2v) is 7.43.